The van der Waals surface area contributed by atoms with Crippen molar-refractivity contribution in [2.75, 3.05) is 6.61 Å². The molecule has 105 valence electrons. The van der Waals surface area contributed by atoms with E-state index < -0.39 is 8.80 Å². The molecule has 0 spiro atoms. The van der Waals surface area contributed by atoms with Crippen molar-refractivity contribution in [2.24, 2.45) is 0 Å². The monoisotopic (exact) mass is 277 g/mol. The van der Waals surface area contributed by atoms with E-state index in [-0.39, 0.29) is 11.5 Å². The molecule has 0 amide bonds. The Morgan fingerprint density at radius 2 is 1.95 bits per heavy atom. The molecule has 19 heavy (non-hydrogen) atoms. The lowest BCUT2D eigenvalue weighted by Gasteiger charge is -2.18. The maximum absolute atomic E-state index is 12.1. The Morgan fingerprint density at radius 1 is 1.26 bits per heavy atom. The average molecular weight is 277 g/mol. The van der Waals surface area contributed by atoms with Crippen LogP contribution < -0.4 is 0 Å². The molecule has 0 aliphatic heterocycles. The summed E-state index contributed by atoms with van der Waals surface area (Å²) in [6.45, 7) is 7.07. The maximum Gasteiger partial charge on any atom is 0.305 e. The third-order valence-corrected chi connectivity index (χ3v) is 5.21. The zero-order chi connectivity index (χ0) is 14.1. The third kappa shape index (κ3) is 6.06. The standard InChI is InChI=1S/C16H25O2Si/c1-4-5-13-18-16(17)15(19(2)3)12-11-14-9-7-6-8-10-14/h6-10,15H,4-5,11-13H2,1-3H3. The topological polar surface area (TPSA) is 26.3 Å². The molecule has 0 aliphatic carbocycles. The van der Waals surface area contributed by atoms with Crippen LogP contribution in [-0.2, 0) is 16.0 Å². The molecule has 0 saturated heterocycles. The van der Waals surface area contributed by atoms with Crippen LogP contribution >= 0.6 is 0 Å². The van der Waals surface area contributed by atoms with Gasteiger partial charge in [0, 0.05) is 5.54 Å². The van der Waals surface area contributed by atoms with Gasteiger partial charge in [-0.05, 0) is 24.8 Å². The number of unbranched alkanes of at least 4 members (excludes halogenated alkanes) is 1. The van der Waals surface area contributed by atoms with E-state index in [9.17, 15) is 4.79 Å². The van der Waals surface area contributed by atoms with E-state index in [2.05, 4.69) is 32.2 Å². The summed E-state index contributed by atoms with van der Waals surface area (Å²) in [4.78, 5) is 12.1. The first-order chi connectivity index (χ1) is 9.15. The molecule has 0 aromatic heterocycles. The highest BCUT2D eigenvalue weighted by atomic mass is 28.3. The highest BCUT2D eigenvalue weighted by Crippen LogP contribution is 2.21. The fourth-order valence-corrected chi connectivity index (χ4v) is 3.29. The van der Waals surface area contributed by atoms with E-state index in [0.29, 0.717) is 6.61 Å². The van der Waals surface area contributed by atoms with Crippen LogP contribution in [0, 0.1) is 0 Å². The van der Waals surface area contributed by atoms with Gasteiger partial charge in [-0.1, -0.05) is 56.8 Å². The highest BCUT2D eigenvalue weighted by molar-refractivity contribution is 6.61. The van der Waals surface area contributed by atoms with Gasteiger partial charge in [0.1, 0.15) is 0 Å². The number of benzene rings is 1. The summed E-state index contributed by atoms with van der Waals surface area (Å²) in [7, 11) is -0.653. The largest absolute Gasteiger partial charge is 0.466 e. The molecular weight excluding hydrogens is 252 g/mol. The number of hydrogen-bond donors (Lipinski definition) is 0. The summed E-state index contributed by atoms with van der Waals surface area (Å²) in [6, 6.07) is 10.4. The number of esters is 1. The molecule has 1 unspecified atom stereocenters. The minimum Gasteiger partial charge on any atom is -0.466 e. The van der Waals surface area contributed by atoms with E-state index in [1.165, 1.54) is 5.56 Å². The van der Waals surface area contributed by atoms with Crippen molar-refractivity contribution in [3.05, 3.63) is 35.9 Å². The molecule has 2 nitrogen and oxygen atoms in total. The molecule has 0 saturated carbocycles. The van der Waals surface area contributed by atoms with Crippen molar-refractivity contribution >= 4 is 14.8 Å². The first-order valence-corrected chi connectivity index (χ1v) is 9.73. The van der Waals surface area contributed by atoms with Gasteiger partial charge in [0.15, 0.2) is 0 Å². The summed E-state index contributed by atoms with van der Waals surface area (Å²) in [5.41, 5.74) is 1.42. The van der Waals surface area contributed by atoms with Crippen LogP contribution in [0.4, 0.5) is 0 Å². The summed E-state index contributed by atoms with van der Waals surface area (Å²) in [5, 5.41) is 0. The average Bonchev–Trinajstić information content (AvgIpc) is 2.40. The van der Waals surface area contributed by atoms with Gasteiger partial charge in [0.05, 0.1) is 15.4 Å². The molecule has 1 aromatic carbocycles. The molecule has 1 radical (unpaired) electrons. The second-order valence-electron chi connectivity index (χ2n) is 5.18. The molecular formula is C16H25O2Si. The van der Waals surface area contributed by atoms with E-state index >= 15 is 0 Å². The van der Waals surface area contributed by atoms with Gasteiger partial charge in [-0.2, -0.15) is 0 Å². The number of rotatable bonds is 8. The lowest BCUT2D eigenvalue weighted by atomic mass is 10.1. The van der Waals surface area contributed by atoms with Crippen LogP contribution in [-0.4, -0.2) is 21.4 Å². The second kappa shape index (κ2) is 8.91. The van der Waals surface area contributed by atoms with Crippen LogP contribution in [0.25, 0.3) is 0 Å². The number of carbonyl (C=O) groups excluding carboxylic acids is 1. The van der Waals surface area contributed by atoms with Crippen LogP contribution in [0.1, 0.15) is 31.7 Å². The molecule has 0 N–H and O–H groups in total. The van der Waals surface area contributed by atoms with Gasteiger partial charge in [-0.25, -0.2) is 0 Å². The van der Waals surface area contributed by atoms with Gasteiger partial charge < -0.3 is 4.74 Å². The second-order valence-corrected chi connectivity index (χ2v) is 8.03. The lowest BCUT2D eigenvalue weighted by molar-refractivity contribution is -0.143. The first kappa shape index (κ1) is 16.0. The molecule has 3 heteroatoms. The Hall–Kier alpha value is -1.09. The lowest BCUT2D eigenvalue weighted by Crippen LogP contribution is -2.24. The zero-order valence-corrected chi connectivity index (χ0v) is 13.3. The van der Waals surface area contributed by atoms with E-state index in [0.717, 1.165) is 25.7 Å². The molecule has 1 aromatic rings. The van der Waals surface area contributed by atoms with Crippen molar-refractivity contribution < 1.29 is 9.53 Å². The van der Waals surface area contributed by atoms with Crippen molar-refractivity contribution in [2.45, 2.75) is 51.2 Å². The van der Waals surface area contributed by atoms with Crippen LogP contribution in [0.5, 0.6) is 0 Å². The van der Waals surface area contributed by atoms with E-state index in [4.69, 9.17) is 4.74 Å². The zero-order valence-electron chi connectivity index (χ0n) is 12.3. The smallest absolute Gasteiger partial charge is 0.305 e. The van der Waals surface area contributed by atoms with Gasteiger partial charge in [-0.3, -0.25) is 4.79 Å². The summed E-state index contributed by atoms with van der Waals surface area (Å²) in [6.07, 6.45) is 3.91. The molecule has 1 rings (SSSR count). The first-order valence-electron chi connectivity index (χ1n) is 7.15. The fourth-order valence-electron chi connectivity index (χ4n) is 2.02. The Balaban J connectivity index is 2.46. The van der Waals surface area contributed by atoms with Crippen molar-refractivity contribution in [1.82, 2.24) is 0 Å². The number of aryl methyl sites for hydroxylation is 1. The van der Waals surface area contributed by atoms with E-state index in [1.807, 2.05) is 18.2 Å². The molecule has 0 aliphatic rings. The molecule has 0 fully saturated rings. The Morgan fingerprint density at radius 3 is 2.53 bits per heavy atom. The Kier molecular flexibility index (Phi) is 7.49. The molecule has 0 bridgehead atoms. The molecule has 0 heterocycles. The summed E-state index contributed by atoms with van der Waals surface area (Å²) >= 11 is 0. The number of hydrogen-bond acceptors (Lipinski definition) is 2. The van der Waals surface area contributed by atoms with Crippen molar-refractivity contribution in [1.29, 1.82) is 0 Å². The summed E-state index contributed by atoms with van der Waals surface area (Å²) < 4.78 is 5.38. The maximum atomic E-state index is 12.1. The predicted molar refractivity (Wildman–Crippen MR) is 81.9 cm³/mol. The van der Waals surface area contributed by atoms with Crippen molar-refractivity contribution in [3.8, 4) is 0 Å². The highest BCUT2D eigenvalue weighted by Gasteiger charge is 2.24. The number of carbonyl (C=O) groups is 1. The molecule has 1 atom stereocenters. The minimum absolute atomic E-state index is 0.0169. The Bertz CT molecular complexity index is 362. The van der Waals surface area contributed by atoms with E-state index in [1.54, 1.807) is 0 Å². The fraction of sp³-hybridized carbons (Fsp3) is 0.562. The third-order valence-electron chi connectivity index (χ3n) is 3.29. The van der Waals surface area contributed by atoms with Crippen molar-refractivity contribution in [3.63, 3.8) is 0 Å². The summed E-state index contributed by atoms with van der Waals surface area (Å²) in [5.74, 6) is 0.0169. The normalized spacial score (nSPS) is 12.4. The SMILES string of the molecule is CCCCOC(=O)C(CCc1ccccc1)[Si](C)C. The quantitative estimate of drug-likeness (QED) is 0.406. The van der Waals surface area contributed by atoms with Gasteiger partial charge in [-0.15, -0.1) is 0 Å². The minimum atomic E-state index is -0.653. The Labute approximate surface area is 118 Å². The predicted octanol–water partition coefficient (Wildman–Crippen LogP) is 4.09. The van der Waals surface area contributed by atoms with Crippen LogP contribution in [0.2, 0.25) is 18.6 Å². The van der Waals surface area contributed by atoms with Gasteiger partial charge in [0.25, 0.3) is 0 Å². The number of ether oxygens (including phenoxy) is 1. The van der Waals surface area contributed by atoms with Crippen LogP contribution in [0.3, 0.4) is 0 Å². The van der Waals surface area contributed by atoms with Gasteiger partial charge >= 0.3 is 5.97 Å². The van der Waals surface area contributed by atoms with Crippen LogP contribution in [0.15, 0.2) is 30.3 Å². The van der Waals surface area contributed by atoms with Gasteiger partial charge in [0.2, 0.25) is 0 Å².